The minimum absolute atomic E-state index is 0. The van der Waals surface area contributed by atoms with Gasteiger partial charge in [0.25, 0.3) is 0 Å². The van der Waals surface area contributed by atoms with Gasteiger partial charge in [-0.05, 0) is 0 Å². The van der Waals surface area contributed by atoms with Gasteiger partial charge in [0.2, 0.25) is 0 Å². The van der Waals surface area contributed by atoms with Gasteiger partial charge in [-0.1, -0.05) is 0 Å². The maximum Gasteiger partial charge on any atom is -1.00 e. The third kappa shape index (κ3) is 5.42. The van der Waals surface area contributed by atoms with Gasteiger partial charge in [0, 0.05) is 0 Å². The predicted octanol–water partition coefficient (Wildman–Crippen LogP) is 2.67. The van der Waals surface area contributed by atoms with Crippen molar-refractivity contribution in [1.82, 2.24) is 0 Å². The molecule has 0 saturated carbocycles. The Morgan fingerprint density at radius 1 is 0.710 bits per heavy atom. The smallest absolute Gasteiger partial charge is 1.00 e. The second-order valence-corrected chi connectivity index (χ2v) is 22.8. The summed E-state index contributed by atoms with van der Waals surface area (Å²) in [6.07, 6.45) is 16.9. The molecule has 0 N–H and O–H groups in total. The molecule has 0 aromatic carbocycles. The molecule has 31 heavy (non-hydrogen) atoms. The molecule has 0 atom stereocenters. The largest absolute Gasteiger partial charge is 1.00 e. The maximum atomic E-state index is 2.76. The van der Waals surface area contributed by atoms with Crippen LogP contribution in [0.4, 0.5) is 0 Å². The van der Waals surface area contributed by atoms with Crippen LogP contribution >= 0.6 is 0 Å². The topological polar surface area (TPSA) is 0 Å². The van der Waals surface area contributed by atoms with Crippen LogP contribution in [0.15, 0.2) is 40.3 Å². The zero-order valence-corrected chi connectivity index (χ0v) is 26.3. The summed E-state index contributed by atoms with van der Waals surface area (Å²) >= 11 is -0.647. The van der Waals surface area contributed by atoms with Gasteiger partial charge in [-0.25, -0.2) is 0 Å². The Morgan fingerprint density at radius 2 is 1.10 bits per heavy atom. The van der Waals surface area contributed by atoms with E-state index in [1.54, 1.807) is 47.4 Å². The average Bonchev–Trinajstić information content (AvgIpc) is 3.19. The molecule has 4 aliphatic rings. The van der Waals surface area contributed by atoms with Crippen LogP contribution in [0.5, 0.6) is 0 Å². The summed E-state index contributed by atoms with van der Waals surface area (Å²) in [5.41, 5.74) is 3.60. The molecule has 5 heteroatoms. The van der Waals surface area contributed by atoms with Crippen LogP contribution in [0, 0.1) is 0 Å². The van der Waals surface area contributed by atoms with Crippen LogP contribution < -0.4 is 24.8 Å². The van der Waals surface area contributed by atoms with Gasteiger partial charge in [0.15, 0.2) is 0 Å². The van der Waals surface area contributed by atoms with Gasteiger partial charge in [-0.3, -0.25) is 0 Å². The minimum atomic E-state index is -1.10. The van der Waals surface area contributed by atoms with Crippen molar-refractivity contribution in [2.45, 2.75) is 115 Å². The number of hydrogen-bond donors (Lipinski definition) is 0. The third-order valence-electron chi connectivity index (χ3n) is 8.65. The van der Waals surface area contributed by atoms with Crippen molar-refractivity contribution < 1.29 is 48.0 Å². The molecule has 4 rings (SSSR count). The van der Waals surface area contributed by atoms with E-state index in [1.165, 1.54) is 51.4 Å². The van der Waals surface area contributed by atoms with Crippen molar-refractivity contribution in [3.8, 4) is 0 Å². The van der Waals surface area contributed by atoms with Crippen LogP contribution in [0.2, 0.25) is 36.3 Å². The Balaban J connectivity index is 0.00000171. The van der Waals surface area contributed by atoms with Crippen LogP contribution in [-0.4, -0.2) is 16.1 Å². The Labute approximate surface area is 218 Å². The molecule has 0 aromatic rings. The first-order valence-corrected chi connectivity index (χ1v) is 20.3. The Kier molecular flexibility index (Phi) is 10.9. The molecule has 0 aromatic heterocycles. The van der Waals surface area contributed by atoms with Crippen molar-refractivity contribution in [3.63, 3.8) is 0 Å². The molecule has 2 heterocycles. The molecule has 2 aliphatic carbocycles. The molecule has 0 spiro atoms. The number of hydrogen-bond acceptors (Lipinski definition) is 0. The molecule has 0 amide bonds. The minimum Gasteiger partial charge on any atom is -1.00 e. The molecule has 0 unspecified atom stereocenters. The molecule has 2 aliphatic heterocycles. The summed E-state index contributed by atoms with van der Waals surface area (Å²) in [7, 11) is -2.20. The SMILES string of the molecule is CCCC[Si]1(C2=CCC(C)=[C]2[Zr+2][C]2=C(C)CC=C2[Si]2(CCCC)CCC2)CCC1.[Cl-].[Cl-]. The van der Waals surface area contributed by atoms with Gasteiger partial charge >= 0.3 is 195 Å². The predicted molar refractivity (Wildman–Crippen MR) is 130 cm³/mol. The summed E-state index contributed by atoms with van der Waals surface area (Å²) in [6, 6.07) is 9.66. The number of unbranched alkanes of at least 4 members (excludes halogenated alkanes) is 2. The Hall–Kier alpha value is 0.857. The van der Waals surface area contributed by atoms with Crippen LogP contribution in [-0.2, 0) is 23.2 Å². The molecule has 172 valence electrons. The molecule has 0 nitrogen and oxygen atoms in total. The summed E-state index contributed by atoms with van der Waals surface area (Å²) in [5, 5.41) is 4.04. The van der Waals surface area contributed by atoms with Gasteiger partial charge in [-0.2, -0.15) is 0 Å². The van der Waals surface area contributed by atoms with E-state index >= 15 is 0 Å². The normalized spacial score (nSPS) is 23.2. The van der Waals surface area contributed by atoms with Gasteiger partial charge in [-0.15, -0.1) is 0 Å². The van der Waals surface area contributed by atoms with Crippen molar-refractivity contribution in [3.05, 3.63) is 40.3 Å². The van der Waals surface area contributed by atoms with Crippen LogP contribution in [0.25, 0.3) is 0 Å². The van der Waals surface area contributed by atoms with E-state index in [0.29, 0.717) is 0 Å². The van der Waals surface area contributed by atoms with E-state index in [-0.39, 0.29) is 24.8 Å². The first-order chi connectivity index (χ1) is 14.1. The van der Waals surface area contributed by atoms with E-state index in [4.69, 9.17) is 0 Å². The zero-order chi connectivity index (χ0) is 20.5. The van der Waals surface area contributed by atoms with Crippen molar-refractivity contribution >= 4 is 16.1 Å². The molecule has 2 fully saturated rings. The first-order valence-electron chi connectivity index (χ1n) is 12.6. The van der Waals surface area contributed by atoms with Crippen molar-refractivity contribution in [2.75, 3.05) is 0 Å². The standard InChI is InChI=1S/2C13H21Si.2ClH.Zr/c2*1-3-4-8-14(9-5-10-14)13-7-6-12(2)11-13;;;/h2*7H,3-6,8-10H2,1-2H3;2*1H;/q;;;;+2/p-2. The molecular formula is C26H42Cl2Si2Zr. The molecular weight excluding hydrogens is 531 g/mol. The second kappa shape index (κ2) is 12.0. The molecule has 2 saturated heterocycles. The van der Waals surface area contributed by atoms with Crippen LogP contribution in [0.1, 0.15) is 79.1 Å². The number of rotatable bonds is 10. The fourth-order valence-electron chi connectivity index (χ4n) is 6.36. The van der Waals surface area contributed by atoms with Gasteiger partial charge in [0.1, 0.15) is 0 Å². The first kappa shape index (κ1) is 28.1. The van der Waals surface area contributed by atoms with Crippen molar-refractivity contribution in [1.29, 1.82) is 0 Å². The average molecular weight is 573 g/mol. The van der Waals surface area contributed by atoms with E-state index in [0.717, 1.165) is 0 Å². The van der Waals surface area contributed by atoms with E-state index in [2.05, 4.69) is 39.8 Å². The fraction of sp³-hybridized carbons (Fsp3) is 0.692. The molecule has 0 radical (unpaired) electrons. The van der Waals surface area contributed by atoms with E-state index in [1.807, 2.05) is 17.0 Å². The van der Waals surface area contributed by atoms with Gasteiger partial charge < -0.3 is 24.8 Å². The Bertz CT molecular complexity index is 706. The van der Waals surface area contributed by atoms with Crippen LogP contribution in [0.3, 0.4) is 0 Å². The summed E-state index contributed by atoms with van der Waals surface area (Å²) in [4.78, 5) is 0. The zero-order valence-electron chi connectivity index (χ0n) is 20.3. The van der Waals surface area contributed by atoms with Gasteiger partial charge in [0.05, 0.1) is 0 Å². The Morgan fingerprint density at radius 3 is 1.39 bits per heavy atom. The fourth-order valence-corrected chi connectivity index (χ4v) is 24.0. The summed E-state index contributed by atoms with van der Waals surface area (Å²) in [5.74, 6) is 0. The molecule has 0 bridgehead atoms. The number of allylic oxidation sites excluding steroid dienone is 8. The maximum absolute atomic E-state index is 2.76. The summed E-state index contributed by atoms with van der Waals surface area (Å²) < 4.78 is 4.02. The monoisotopic (exact) mass is 570 g/mol. The third-order valence-corrected chi connectivity index (χ3v) is 25.6. The second-order valence-electron chi connectivity index (χ2n) is 10.6. The quantitative estimate of drug-likeness (QED) is 0.353. The van der Waals surface area contributed by atoms with E-state index in [9.17, 15) is 0 Å². The van der Waals surface area contributed by atoms with E-state index < -0.39 is 39.4 Å². The van der Waals surface area contributed by atoms with Crippen molar-refractivity contribution in [2.24, 2.45) is 0 Å². The summed E-state index contributed by atoms with van der Waals surface area (Å²) in [6.45, 7) is 9.79. The number of halogens is 2.